The van der Waals surface area contributed by atoms with E-state index in [1.54, 1.807) is 37.3 Å². The highest BCUT2D eigenvalue weighted by atomic mass is 19.4. The molecule has 0 bridgehead atoms. The number of ether oxygens (including phenoxy) is 1. The second-order valence-corrected chi connectivity index (χ2v) is 12.3. The molecule has 264 valence electrons. The fraction of sp³-hybridized carbons (Fsp3) is 0.286. The molecule has 5 aromatic rings. The molecule has 7 rings (SSSR count). The van der Waals surface area contributed by atoms with Crippen molar-refractivity contribution in [3.8, 4) is 28.4 Å². The number of carbonyl (C=O) groups is 1. The number of hydrogen-bond donors (Lipinski definition) is 3. The number of fused-ring (bicyclic) bond motifs is 1. The van der Waals surface area contributed by atoms with E-state index in [4.69, 9.17) is 4.98 Å². The number of H-pyrrole nitrogens is 1. The Bertz CT molecular complexity index is 2050. The van der Waals surface area contributed by atoms with Crippen LogP contribution in [-0.2, 0) is 11.3 Å². The number of hydrogen-bond acceptors (Lipinski definition) is 11. The highest BCUT2D eigenvalue weighted by Gasteiger charge is 2.33. The molecule has 0 radical (unpaired) electrons. The maximum absolute atomic E-state index is 13.0. The molecule has 1 fully saturated rings. The number of alkyl halides is 3. The number of halogens is 3. The smallest absolute Gasteiger partial charge is 0.405 e. The number of pyridine rings is 1. The predicted octanol–water partition coefficient (Wildman–Crippen LogP) is 5.28. The molecular formula is C35H35F3N10O3. The van der Waals surface area contributed by atoms with Crippen molar-refractivity contribution in [1.82, 2.24) is 29.8 Å². The Labute approximate surface area is 291 Å². The number of carbonyl (C=O) groups excluding carboxylic acids is 1. The number of aliphatic hydroxyl groups is 1. The quantitative estimate of drug-likeness (QED) is 0.205. The molecule has 16 heteroatoms. The topological polar surface area (TPSA) is 139 Å². The van der Waals surface area contributed by atoms with E-state index in [2.05, 4.69) is 34.9 Å². The number of imidazole rings is 1. The zero-order valence-electron chi connectivity index (χ0n) is 28.0. The summed E-state index contributed by atoms with van der Waals surface area (Å²) >= 11 is 0. The Kier molecular flexibility index (Phi) is 8.85. The van der Waals surface area contributed by atoms with Crippen LogP contribution < -0.4 is 24.8 Å². The zero-order valence-corrected chi connectivity index (χ0v) is 28.0. The van der Waals surface area contributed by atoms with Gasteiger partial charge in [-0.1, -0.05) is 24.3 Å². The van der Waals surface area contributed by atoms with Gasteiger partial charge in [-0.05, 0) is 42.8 Å². The number of rotatable bonds is 7. The van der Waals surface area contributed by atoms with Gasteiger partial charge in [0, 0.05) is 68.7 Å². The van der Waals surface area contributed by atoms with E-state index in [0.717, 1.165) is 22.6 Å². The molecule has 3 N–H and O–H groups in total. The SMILES string of the molecule is CC(=O)N1CCN(c2ccc(Nc3ncc4c(n3)N(C)C(O)N(c3cc(-c5ncc(-c6ccccc6OC(F)(F)F)[nH]5)ccc3C)C4)cn2)CC1. The molecule has 1 saturated heterocycles. The van der Waals surface area contributed by atoms with Crippen LogP contribution in [0.4, 0.5) is 42.1 Å². The van der Waals surface area contributed by atoms with Crippen molar-refractivity contribution in [2.75, 3.05) is 53.2 Å². The van der Waals surface area contributed by atoms with Gasteiger partial charge in [0.15, 0.2) is 0 Å². The number of aliphatic hydroxyl groups excluding tert-OH is 1. The lowest BCUT2D eigenvalue weighted by molar-refractivity contribution is -0.274. The largest absolute Gasteiger partial charge is 0.573 e. The summed E-state index contributed by atoms with van der Waals surface area (Å²) in [7, 11) is 1.74. The molecule has 2 aliphatic heterocycles. The zero-order chi connectivity index (χ0) is 35.9. The van der Waals surface area contributed by atoms with Crippen LogP contribution in [0.2, 0.25) is 0 Å². The maximum Gasteiger partial charge on any atom is 0.573 e. The van der Waals surface area contributed by atoms with Gasteiger partial charge < -0.3 is 39.7 Å². The van der Waals surface area contributed by atoms with Gasteiger partial charge in [0.1, 0.15) is 23.2 Å². The van der Waals surface area contributed by atoms with Crippen molar-refractivity contribution >= 4 is 34.9 Å². The molecule has 3 aromatic heterocycles. The number of aromatic amines is 1. The Balaban J connectivity index is 1.07. The van der Waals surface area contributed by atoms with Crippen molar-refractivity contribution in [2.45, 2.75) is 33.1 Å². The minimum absolute atomic E-state index is 0.0789. The lowest BCUT2D eigenvalue weighted by Crippen LogP contribution is -2.51. The Hall–Kier alpha value is -5.90. The van der Waals surface area contributed by atoms with Gasteiger partial charge in [-0.15, -0.1) is 13.2 Å². The average Bonchev–Trinajstić information content (AvgIpc) is 3.61. The standard InChI is InChI=1S/C35H35F3N10O3/c1-21-8-9-23(31-40-19-27(43-31)26-6-4-5-7-29(26)51-35(36,37)38)16-28(21)48-20-24-17-41-33(44-32(24)45(3)34(48)50)42-25-10-11-30(39-18-25)47-14-12-46(13-15-47)22(2)49/h4-11,16-19,34,50H,12-15,20H2,1-3H3,(H,40,43)(H,41,42,44). The third-order valence-electron chi connectivity index (χ3n) is 8.97. The molecule has 5 heterocycles. The number of aryl methyl sites for hydroxylation is 1. The fourth-order valence-corrected chi connectivity index (χ4v) is 6.27. The van der Waals surface area contributed by atoms with Crippen molar-refractivity contribution in [1.29, 1.82) is 0 Å². The van der Waals surface area contributed by atoms with E-state index in [1.807, 2.05) is 47.1 Å². The average molecular weight is 701 g/mol. The second kappa shape index (κ2) is 13.4. The van der Waals surface area contributed by atoms with Gasteiger partial charge in [0.25, 0.3) is 0 Å². The van der Waals surface area contributed by atoms with Gasteiger partial charge in [-0.25, -0.2) is 15.0 Å². The number of nitrogens with zero attached hydrogens (tertiary/aromatic N) is 8. The van der Waals surface area contributed by atoms with Crippen LogP contribution in [0.25, 0.3) is 22.6 Å². The van der Waals surface area contributed by atoms with Crippen LogP contribution in [-0.4, -0.2) is 86.8 Å². The van der Waals surface area contributed by atoms with Gasteiger partial charge in [-0.2, -0.15) is 4.98 Å². The Morgan fingerprint density at radius 2 is 1.78 bits per heavy atom. The van der Waals surface area contributed by atoms with E-state index in [0.29, 0.717) is 67.3 Å². The minimum atomic E-state index is -4.84. The van der Waals surface area contributed by atoms with Crippen LogP contribution in [0.5, 0.6) is 5.75 Å². The summed E-state index contributed by atoms with van der Waals surface area (Å²) in [6.45, 7) is 6.57. The highest BCUT2D eigenvalue weighted by Crippen LogP contribution is 2.37. The van der Waals surface area contributed by atoms with Gasteiger partial charge in [0.2, 0.25) is 18.2 Å². The number of aromatic nitrogens is 5. The van der Waals surface area contributed by atoms with E-state index in [9.17, 15) is 23.1 Å². The third-order valence-corrected chi connectivity index (χ3v) is 8.97. The van der Waals surface area contributed by atoms with Crippen molar-refractivity contribution in [2.24, 2.45) is 0 Å². The first kappa shape index (κ1) is 33.6. The number of piperazine rings is 1. The van der Waals surface area contributed by atoms with Gasteiger partial charge >= 0.3 is 6.36 Å². The van der Waals surface area contributed by atoms with Crippen molar-refractivity contribution in [3.05, 3.63) is 84.3 Å². The van der Waals surface area contributed by atoms with Crippen molar-refractivity contribution < 1.29 is 27.8 Å². The van der Waals surface area contributed by atoms with E-state index >= 15 is 0 Å². The lowest BCUT2D eigenvalue weighted by atomic mass is 10.1. The minimum Gasteiger partial charge on any atom is -0.405 e. The van der Waals surface area contributed by atoms with E-state index in [1.165, 1.54) is 24.4 Å². The van der Waals surface area contributed by atoms with Crippen LogP contribution >= 0.6 is 0 Å². The lowest BCUT2D eigenvalue weighted by Gasteiger charge is -2.41. The molecule has 2 aromatic carbocycles. The van der Waals surface area contributed by atoms with Crippen LogP contribution in [0.1, 0.15) is 18.1 Å². The molecule has 0 spiro atoms. The van der Waals surface area contributed by atoms with E-state index < -0.39 is 12.7 Å². The predicted molar refractivity (Wildman–Crippen MR) is 185 cm³/mol. The van der Waals surface area contributed by atoms with Crippen LogP contribution in [0.3, 0.4) is 0 Å². The first-order valence-electron chi connectivity index (χ1n) is 16.2. The summed E-state index contributed by atoms with van der Waals surface area (Å²) in [6, 6.07) is 15.3. The highest BCUT2D eigenvalue weighted by molar-refractivity contribution is 5.74. The Morgan fingerprint density at radius 1 is 1.00 bits per heavy atom. The summed E-state index contributed by atoms with van der Waals surface area (Å²) in [6.07, 6.45) is -1.02. The molecule has 0 aliphatic carbocycles. The van der Waals surface area contributed by atoms with Gasteiger partial charge in [0.05, 0.1) is 30.3 Å². The van der Waals surface area contributed by atoms with Gasteiger partial charge in [-0.3, -0.25) is 4.79 Å². The molecular weight excluding hydrogens is 665 g/mol. The maximum atomic E-state index is 13.0. The summed E-state index contributed by atoms with van der Waals surface area (Å²) in [5.74, 6) is 1.91. The fourth-order valence-electron chi connectivity index (χ4n) is 6.27. The summed E-state index contributed by atoms with van der Waals surface area (Å²) in [5, 5.41) is 14.7. The molecule has 51 heavy (non-hydrogen) atoms. The normalized spacial score (nSPS) is 16.3. The molecule has 1 unspecified atom stereocenters. The van der Waals surface area contributed by atoms with Crippen molar-refractivity contribution in [3.63, 3.8) is 0 Å². The number of para-hydroxylation sites is 1. The number of benzene rings is 2. The molecule has 13 nitrogen and oxygen atoms in total. The molecule has 1 amide bonds. The summed E-state index contributed by atoms with van der Waals surface area (Å²) in [5.41, 5.74) is 4.35. The summed E-state index contributed by atoms with van der Waals surface area (Å²) < 4.78 is 43.3. The first-order valence-corrected chi connectivity index (χ1v) is 16.2. The number of nitrogens with one attached hydrogen (secondary N) is 2. The number of amides is 1. The third kappa shape index (κ3) is 7.08. The molecule has 1 atom stereocenters. The molecule has 2 aliphatic rings. The van der Waals surface area contributed by atoms with E-state index in [-0.39, 0.29) is 17.2 Å². The number of anilines is 5. The molecule has 0 saturated carbocycles. The van der Waals surface area contributed by atoms with Crippen LogP contribution in [0.15, 0.2) is 73.2 Å². The monoisotopic (exact) mass is 700 g/mol. The summed E-state index contributed by atoms with van der Waals surface area (Å²) in [4.78, 5) is 40.4. The second-order valence-electron chi connectivity index (χ2n) is 12.3. The Morgan fingerprint density at radius 3 is 2.51 bits per heavy atom. The van der Waals surface area contributed by atoms with Crippen LogP contribution in [0, 0.1) is 6.92 Å². The first-order chi connectivity index (χ1) is 24.4.